The lowest BCUT2D eigenvalue weighted by Crippen LogP contribution is -2.34. The van der Waals surface area contributed by atoms with Gasteiger partial charge in [0.2, 0.25) is 11.0 Å². The number of allylic oxidation sites excluding steroid dienone is 2. The Labute approximate surface area is 136 Å². The van der Waals surface area contributed by atoms with Gasteiger partial charge in [0.25, 0.3) is 0 Å². The summed E-state index contributed by atoms with van der Waals surface area (Å²) >= 11 is 1.27. The molecule has 1 aromatic carbocycles. The van der Waals surface area contributed by atoms with Gasteiger partial charge in [-0.1, -0.05) is 53.8 Å². The number of rotatable bonds is 4. The molecule has 1 amide bonds. The van der Waals surface area contributed by atoms with Crippen molar-refractivity contribution in [1.29, 1.82) is 0 Å². The van der Waals surface area contributed by atoms with E-state index in [9.17, 15) is 14.7 Å². The number of carboxylic acids is 1. The summed E-state index contributed by atoms with van der Waals surface area (Å²) in [5.74, 6) is -2.54. The van der Waals surface area contributed by atoms with Crippen molar-refractivity contribution in [2.45, 2.75) is 12.8 Å². The van der Waals surface area contributed by atoms with Crippen LogP contribution in [0, 0.1) is 11.8 Å². The highest BCUT2D eigenvalue weighted by molar-refractivity contribution is 7.18. The second-order valence-electron chi connectivity index (χ2n) is 5.26. The Bertz CT molecular complexity index is 742. The van der Waals surface area contributed by atoms with Gasteiger partial charge in [-0.2, -0.15) is 0 Å². The number of benzene rings is 1. The summed E-state index contributed by atoms with van der Waals surface area (Å²) in [5, 5.41) is 21.1. The van der Waals surface area contributed by atoms with Crippen molar-refractivity contribution in [2.75, 3.05) is 5.32 Å². The summed E-state index contributed by atoms with van der Waals surface area (Å²) in [5.41, 5.74) is 0.925. The van der Waals surface area contributed by atoms with Crippen LogP contribution >= 0.6 is 11.3 Å². The van der Waals surface area contributed by atoms with Gasteiger partial charge in [0, 0.05) is 5.56 Å². The molecule has 2 atom stereocenters. The van der Waals surface area contributed by atoms with E-state index in [0.29, 0.717) is 23.0 Å². The van der Waals surface area contributed by atoms with Crippen molar-refractivity contribution in [3.8, 4) is 10.6 Å². The normalized spacial score (nSPS) is 20.2. The van der Waals surface area contributed by atoms with Gasteiger partial charge in [-0.25, -0.2) is 0 Å². The van der Waals surface area contributed by atoms with Crippen LogP contribution < -0.4 is 5.32 Å². The van der Waals surface area contributed by atoms with E-state index in [1.165, 1.54) is 11.3 Å². The number of carboxylic acid groups (broad SMARTS) is 1. The number of anilines is 1. The molecular weight excluding hydrogens is 314 g/mol. The van der Waals surface area contributed by atoms with Crippen LogP contribution in [0.2, 0.25) is 0 Å². The van der Waals surface area contributed by atoms with E-state index in [1.54, 1.807) is 6.08 Å². The van der Waals surface area contributed by atoms with E-state index in [4.69, 9.17) is 0 Å². The Morgan fingerprint density at radius 3 is 2.48 bits per heavy atom. The van der Waals surface area contributed by atoms with Crippen LogP contribution in [-0.2, 0) is 9.59 Å². The molecule has 1 aliphatic rings. The zero-order valence-electron chi connectivity index (χ0n) is 12.2. The SMILES string of the molecule is O=C(O)C1CC=CCC1C(=O)Nc1nnc(-c2ccccc2)s1. The predicted octanol–water partition coefficient (Wildman–Crippen LogP) is 2.81. The second kappa shape index (κ2) is 6.70. The van der Waals surface area contributed by atoms with Gasteiger partial charge in [-0.15, -0.1) is 10.2 Å². The fourth-order valence-corrected chi connectivity index (χ4v) is 3.30. The molecule has 0 saturated heterocycles. The third-order valence-corrected chi connectivity index (χ3v) is 4.65. The quantitative estimate of drug-likeness (QED) is 0.842. The zero-order valence-corrected chi connectivity index (χ0v) is 13.0. The zero-order chi connectivity index (χ0) is 16.2. The molecule has 2 unspecified atom stereocenters. The van der Waals surface area contributed by atoms with Gasteiger partial charge in [-0.3, -0.25) is 9.59 Å². The molecule has 0 spiro atoms. The predicted molar refractivity (Wildman–Crippen MR) is 87.0 cm³/mol. The van der Waals surface area contributed by atoms with E-state index in [1.807, 2.05) is 36.4 Å². The van der Waals surface area contributed by atoms with E-state index >= 15 is 0 Å². The Morgan fingerprint density at radius 1 is 1.09 bits per heavy atom. The minimum absolute atomic E-state index is 0.322. The molecule has 0 radical (unpaired) electrons. The molecular formula is C16H15N3O3S. The fourth-order valence-electron chi connectivity index (χ4n) is 2.55. The van der Waals surface area contributed by atoms with Crippen molar-refractivity contribution >= 4 is 28.3 Å². The van der Waals surface area contributed by atoms with Crippen molar-refractivity contribution in [2.24, 2.45) is 11.8 Å². The Kier molecular flexibility index (Phi) is 4.47. The van der Waals surface area contributed by atoms with Gasteiger partial charge in [0.05, 0.1) is 11.8 Å². The van der Waals surface area contributed by atoms with E-state index in [-0.39, 0.29) is 5.91 Å². The maximum Gasteiger partial charge on any atom is 0.307 e. The number of carbonyl (C=O) groups is 2. The largest absolute Gasteiger partial charge is 0.481 e. The van der Waals surface area contributed by atoms with Gasteiger partial charge in [0.15, 0.2) is 0 Å². The number of carbonyl (C=O) groups excluding carboxylic acids is 1. The number of hydrogen-bond acceptors (Lipinski definition) is 5. The van der Waals surface area contributed by atoms with Crippen LogP contribution in [0.3, 0.4) is 0 Å². The molecule has 3 rings (SSSR count). The smallest absolute Gasteiger partial charge is 0.307 e. The molecule has 0 bridgehead atoms. The summed E-state index contributed by atoms with van der Waals surface area (Å²) in [6, 6.07) is 9.55. The van der Waals surface area contributed by atoms with E-state index < -0.39 is 17.8 Å². The summed E-state index contributed by atoms with van der Waals surface area (Å²) in [6.45, 7) is 0. The number of nitrogens with one attached hydrogen (secondary N) is 1. The Hall–Kier alpha value is -2.54. The van der Waals surface area contributed by atoms with Crippen LogP contribution in [-0.4, -0.2) is 27.2 Å². The molecule has 0 aliphatic heterocycles. The van der Waals surface area contributed by atoms with Crippen LogP contribution in [0.4, 0.5) is 5.13 Å². The summed E-state index contributed by atoms with van der Waals surface area (Å²) < 4.78 is 0. The molecule has 2 N–H and O–H groups in total. The fraction of sp³-hybridized carbons (Fsp3) is 0.250. The molecule has 7 heteroatoms. The average Bonchev–Trinajstić information content (AvgIpc) is 3.04. The van der Waals surface area contributed by atoms with Crippen molar-refractivity contribution in [1.82, 2.24) is 10.2 Å². The lowest BCUT2D eigenvalue weighted by Gasteiger charge is -2.23. The maximum atomic E-state index is 12.4. The lowest BCUT2D eigenvalue weighted by molar-refractivity contribution is -0.146. The minimum Gasteiger partial charge on any atom is -0.481 e. The number of amides is 1. The highest BCUT2D eigenvalue weighted by Crippen LogP contribution is 2.29. The average molecular weight is 329 g/mol. The number of aliphatic carboxylic acids is 1. The summed E-state index contributed by atoms with van der Waals surface area (Å²) in [4.78, 5) is 23.6. The van der Waals surface area contributed by atoms with Gasteiger partial charge < -0.3 is 10.4 Å². The highest BCUT2D eigenvalue weighted by atomic mass is 32.1. The van der Waals surface area contributed by atoms with Gasteiger partial charge in [0.1, 0.15) is 5.01 Å². The first kappa shape index (κ1) is 15.4. The Balaban J connectivity index is 1.72. The van der Waals surface area contributed by atoms with Gasteiger partial charge in [-0.05, 0) is 12.8 Å². The monoisotopic (exact) mass is 329 g/mol. The van der Waals surface area contributed by atoms with Crippen LogP contribution in [0.15, 0.2) is 42.5 Å². The number of hydrogen-bond donors (Lipinski definition) is 2. The molecule has 1 aromatic heterocycles. The molecule has 118 valence electrons. The van der Waals surface area contributed by atoms with Crippen molar-refractivity contribution < 1.29 is 14.7 Å². The summed E-state index contributed by atoms with van der Waals surface area (Å²) in [7, 11) is 0. The third kappa shape index (κ3) is 3.45. The molecule has 1 aliphatic carbocycles. The standard InChI is InChI=1S/C16H15N3O3S/c20-13(11-8-4-5-9-12(11)15(21)22)17-16-19-18-14(23-16)10-6-2-1-3-7-10/h1-7,11-12H,8-9H2,(H,21,22)(H,17,19,20). The first-order valence-corrected chi connectivity index (χ1v) is 8.04. The van der Waals surface area contributed by atoms with Crippen LogP contribution in [0.1, 0.15) is 12.8 Å². The minimum atomic E-state index is -0.947. The molecule has 2 aromatic rings. The Morgan fingerprint density at radius 2 is 1.78 bits per heavy atom. The van der Waals surface area contributed by atoms with Crippen LogP contribution in [0.5, 0.6) is 0 Å². The van der Waals surface area contributed by atoms with Gasteiger partial charge >= 0.3 is 5.97 Å². The van der Waals surface area contributed by atoms with Crippen molar-refractivity contribution in [3.05, 3.63) is 42.5 Å². The number of nitrogens with zero attached hydrogens (tertiary/aromatic N) is 2. The van der Waals surface area contributed by atoms with Crippen molar-refractivity contribution in [3.63, 3.8) is 0 Å². The highest BCUT2D eigenvalue weighted by Gasteiger charge is 2.34. The first-order valence-electron chi connectivity index (χ1n) is 7.23. The van der Waals surface area contributed by atoms with Crippen LogP contribution in [0.25, 0.3) is 10.6 Å². The third-order valence-electron chi connectivity index (χ3n) is 3.76. The lowest BCUT2D eigenvalue weighted by atomic mass is 9.82. The maximum absolute atomic E-state index is 12.4. The van der Waals surface area contributed by atoms with E-state index in [0.717, 1.165) is 5.56 Å². The molecule has 0 fully saturated rings. The summed E-state index contributed by atoms with van der Waals surface area (Å²) in [6.07, 6.45) is 4.45. The molecule has 1 heterocycles. The second-order valence-corrected chi connectivity index (χ2v) is 6.24. The first-order chi connectivity index (χ1) is 11.1. The topological polar surface area (TPSA) is 92.2 Å². The van der Waals surface area contributed by atoms with E-state index in [2.05, 4.69) is 15.5 Å². The molecule has 23 heavy (non-hydrogen) atoms. The molecule has 6 nitrogen and oxygen atoms in total. The molecule has 0 saturated carbocycles. The number of aromatic nitrogens is 2.